The van der Waals surface area contributed by atoms with E-state index >= 15 is 0 Å². The number of ether oxygens (including phenoxy) is 1. The van der Waals surface area contributed by atoms with Gasteiger partial charge in [0, 0.05) is 45.0 Å². The summed E-state index contributed by atoms with van der Waals surface area (Å²) in [6, 6.07) is 3.01. The van der Waals surface area contributed by atoms with E-state index in [0.717, 1.165) is 6.42 Å². The Morgan fingerprint density at radius 2 is 2.21 bits per heavy atom. The van der Waals surface area contributed by atoms with Gasteiger partial charge in [-0.2, -0.15) is 13.2 Å². The maximum atomic E-state index is 13.9. The number of rotatable bonds is 8. The number of nitrogens with zero attached hydrogens (tertiary/aromatic N) is 3. The van der Waals surface area contributed by atoms with Crippen molar-refractivity contribution in [2.75, 3.05) is 44.3 Å². The zero-order chi connectivity index (χ0) is 19.7. The van der Waals surface area contributed by atoms with Crippen molar-refractivity contribution in [3.05, 3.63) is 24.1 Å². The quantitative estimate of drug-likeness (QED) is 0.182. The highest BCUT2D eigenvalue weighted by molar-refractivity contribution is 14.0. The third-order valence-corrected chi connectivity index (χ3v) is 3.89. The summed E-state index contributed by atoms with van der Waals surface area (Å²) >= 11 is 0. The fourth-order valence-electron chi connectivity index (χ4n) is 2.74. The Morgan fingerprint density at radius 3 is 2.89 bits per heavy atom. The summed E-state index contributed by atoms with van der Waals surface area (Å²) < 4.78 is 54.4. The Hall–Kier alpha value is -1.37. The third-order valence-electron chi connectivity index (χ3n) is 3.89. The summed E-state index contributed by atoms with van der Waals surface area (Å²) in [6.45, 7) is 2.95. The van der Waals surface area contributed by atoms with E-state index in [1.807, 2.05) is 11.8 Å². The van der Waals surface area contributed by atoms with Gasteiger partial charge in [-0.05, 0) is 31.9 Å². The number of hydrogen-bond donors (Lipinski definition) is 2. The van der Waals surface area contributed by atoms with Crippen molar-refractivity contribution in [3.63, 3.8) is 0 Å². The molecule has 0 aliphatic carbocycles. The topological polar surface area (TPSA) is 61.8 Å². The number of hydrogen-bond acceptors (Lipinski definition) is 4. The second-order valence-corrected chi connectivity index (χ2v) is 6.17. The predicted octanol–water partition coefficient (Wildman–Crippen LogP) is 2.94. The highest BCUT2D eigenvalue weighted by Gasteiger charge is 2.27. The summed E-state index contributed by atoms with van der Waals surface area (Å²) in [6.07, 6.45) is -1.55. The molecule has 1 saturated heterocycles. The van der Waals surface area contributed by atoms with Gasteiger partial charge in [0.2, 0.25) is 0 Å². The van der Waals surface area contributed by atoms with Gasteiger partial charge in [-0.25, -0.2) is 9.37 Å². The molecule has 0 bridgehead atoms. The molecule has 1 unspecified atom stereocenters. The van der Waals surface area contributed by atoms with Crippen LogP contribution in [0.25, 0.3) is 0 Å². The van der Waals surface area contributed by atoms with Crippen LogP contribution in [-0.2, 0) is 4.74 Å². The molecule has 6 nitrogen and oxygen atoms in total. The van der Waals surface area contributed by atoms with Gasteiger partial charge in [0.25, 0.3) is 0 Å². The number of halogens is 5. The molecule has 1 fully saturated rings. The molecule has 1 aliphatic heterocycles. The fourth-order valence-corrected chi connectivity index (χ4v) is 2.74. The first-order chi connectivity index (χ1) is 12.9. The van der Waals surface area contributed by atoms with E-state index in [0.29, 0.717) is 44.4 Å². The summed E-state index contributed by atoms with van der Waals surface area (Å²) in [5.41, 5.74) is 0. The zero-order valence-electron chi connectivity index (χ0n) is 15.6. The standard InChI is InChI=1S/C17H25F4N5O.HI/c1-2-22-16(24-8-4-10-27-12-17(19,20)21)25-13-6-9-26(11-13)15-14(18)5-3-7-23-15;/h3,5,7,13H,2,4,6,8-12H2,1H3,(H2,22,24,25);1H. The molecule has 1 atom stereocenters. The van der Waals surface area contributed by atoms with Crippen LogP contribution in [0, 0.1) is 5.82 Å². The fraction of sp³-hybridized carbons (Fsp3) is 0.647. The van der Waals surface area contributed by atoms with Gasteiger partial charge in [-0.3, -0.25) is 4.99 Å². The van der Waals surface area contributed by atoms with Gasteiger partial charge >= 0.3 is 6.18 Å². The lowest BCUT2D eigenvalue weighted by molar-refractivity contribution is -0.173. The molecule has 1 aliphatic rings. The second-order valence-electron chi connectivity index (χ2n) is 6.17. The molecule has 0 radical (unpaired) electrons. The van der Waals surface area contributed by atoms with Gasteiger partial charge < -0.3 is 20.3 Å². The monoisotopic (exact) mass is 519 g/mol. The lowest BCUT2D eigenvalue weighted by Crippen LogP contribution is -2.44. The SMILES string of the molecule is CCNC(=NCCCOCC(F)(F)F)NC1CCN(c2ncccc2F)C1.I. The summed E-state index contributed by atoms with van der Waals surface area (Å²) in [5, 5.41) is 6.38. The third kappa shape index (κ3) is 8.76. The molecule has 0 saturated carbocycles. The number of pyridine rings is 1. The van der Waals surface area contributed by atoms with E-state index in [9.17, 15) is 17.6 Å². The molecule has 1 aromatic rings. The van der Waals surface area contributed by atoms with Crippen LogP contribution in [-0.4, -0.2) is 62.6 Å². The molecule has 0 amide bonds. The van der Waals surface area contributed by atoms with Gasteiger partial charge in [-0.15, -0.1) is 24.0 Å². The van der Waals surface area contributed by atoms with E-state index in [1.54, 1.807) is 12.3 Å². The first kappa shape index (κ1) is 24.7. The van der Waals surface area contributed by atoms with Gasteiger partial charge in [0.05, 0.1) is 0 Å². The van der Waals surface area contributed by atoms with E-state index < -0.39 is 12.8 Å². The van der Waals surface area contributed by atoms with Crippen LogP contribution in [0.15, 0.2) is 23.3 Å². The van der Waals surface area contributed by atoms with Crippen molar-refractivity contribution in [1.82, 2.24) is 15.6 Å². The van der Waals surface area contributed by atoms with Crippen LogP contribution in [0.1, 0.15) is 19.8 Å². The highest BCUT2D eigenvalue weighted by atomic mass is 127. The van der Waals surface area contributed by atoms with Crippen molar-refractivity contribution in [2.24, 2.45) is 4.99 Å². The molecular weight excluding hydrogens is 493 g/mol. The zero-order valence-corrected chi connectivity index (χ0v) is 18.0. The first-order valence-corrected chi connectivity index (χ1v) is 8.94. The minimum absolute atomic E-state index is 0. The molecule has 0 spiro atoms. The van der Waals surface area contributed by atoms with Gasteiger partial charge in [-0.1, -0.05) is 0 Å². The van der Waals surface area contributed by atoms with Crippen LogP contribution in [0.4, 0.5) is 23.4 Å². The van der Waals surface area contributed by atoms with E-state index in [-0.39, 0.29) is 42.4 Å². The largest absolute Gasteiger partial charge is 0.411 e. The smallest absolute Gasteiger partial charge is 0.372 e. The van der Waals surface area contributed by atoms with Crippen molar-refractivity contribution in [2.45, 2.75) is 32.0 Å². The van der Waals surface area contributed by atoms with E-state index in [4.69, 9.17) is 0 Å². The number of aromatic nitrogens is 1. The summed E-state index contributed by atoms with van der Waals surface area (Å²) in [5.74, 6) is 0.574. The number of nitrogens with one attached hydrogen (secondary N) is 2. The Balaban J connectivity index is 0.00000392. The normalized spacial score (nSPS) is 17.4. The molecule has 11 heteroatoms. The van der Waals surface area contributed by atoms with Crippen molar-refractivity contribution in [3.8, 4) is 0 Å². The molecule has 2 N–H and O–H groups in total. The second kappa shape index (κ2) is 12.2. The maximum absolute atomic E-state index is 13.9. The van der Waals surface area contributed by atoms with Crippen LogP contribution in [0.3, 0.4) is 0 Å². The van der Waals surface area contributed by atoms with Crippen LogP contribution >= 0.6 is 24.0 Å². The lowest BCUT2D eigenvalue weighted by Gasteiger charge is -2.20. The average molecular weight is 519 g/mol. The van der Waals surface area contributed by atoms with Crippen LogP contribution in [0.2, 0.25) is 0 Å². The average Bonchev–Trinajstić information content (AvgIpc) is 3.06. The Labute approximate surface area is 179 Å². The van der Waals surface area contributed by atoms with Gasteiger partial charge in [0.1, 0.15) is 6.61 Å². The molecular formula is C17H26F4IN5O. The lowest BCUT2D eigenvalue weighted by atomic mass is 10.3. The Kier molecular flexibility index (Phi) is 10.8. The number of aliphatic imine (C=N–C) groups is 1. The van der Waals surface area contributed by atoms with E-state index in [1.165, 1.54) is 6.07 Å². The molecule has 28 heavy (non-hydrogen) atoms. The number of guanidine groups is 1. The summed E-state index contributed by atoms with van der Waals surface area (Å²) in [4.78, 5) is 10.3. The van der Waals surface area contributed by atoms with Gasteiger partial charge in [0.15, 0.2) is 17.6 Å². The van der Waals surface area contributed by atoms with Crippen molar-refractivity contribution in [1.29, 1.82) is 0 Å². The molecule has 160 valence electrons. The molecule has 0 aromatic carbocycles. The number of alkyl halides is 3. The summed E-state index contributed by atoms with van der Waals surface area (Å²) in [7, 11) is 0. The molecule has 1 aromatic heterocycles. The first-order valence-electron chi connectivity index (χ1n) is 8.94. The van der Waals surface area contributed by atoms with Crippen molar-refractivity contribution >= 4 is 35.8 Å². The molecule has 2 heterocycles. The minimum atomic E-state index is -4.30. The molecule has 2 rings (SSSR count). The Bertz CT molecular complexity index is 617. The van der Waals surface area contributed by atoms with Crippen LogP contribution < -0.4 is 15.5 Å². The van der Waals surface area contributed by atoms with E-state index in [2.05, 4.69) is 25.3 Å². The van der Waals surface area contributed by atoms with Crippen molar-refractivity contribution < 1.29 is 22.3 Å². The maximum Gasteiger partial charge on any atom is 0.411 e. The number of anilines is 1. The van der Waals surface area contributed by atoms with Crippen LogP contribution in [0.5, 0.6) is 0 Å². The highest BCUT2D eigenvalue weighted by Crippen LogP contribution is 2.20. The Morgan fingerprint density at radius 1 is 1.43 bits per heavy atom. The predicted molar refractivity (Wildman–Crippen MR) is 111 cm³/mol. The minimum Gasteiger partial charge on any atom is -0.372 e.